The lowest BCUT2D eigenvalue weighted by atomic mass is 10.2. The fourth-order valence-corrected chi connectivity index (χ4v) is 2.03. The van der Waals surface area contributed by atoms with Crippen LogP contribution >= 0.6 is 11.6 Å². The van der Waals surface area contributed by atoms with Gasteiger partial charge in [-0.1, -0.05) is 11.6 Å². The number of nitrogens with zero attached hydrogens (tertiary/aromatic N) is 1. The van der Waals surface area contributed by atoms with Crippen LogP contribution in [0.15, 0.2) is 30.5 Å². The zero-order valence-electron chi connectivity index (χ0n) is 11.1. The van der Waals surface area contributed by atoms with E-state index >= 15 is 0 Å². The maximum Gasteiger partial charge on any atom is 0.219 e. The van der Waals surface area contributed by atoms with Gasteiger partial charge in [0, 0.05) is 30.9 Å². The summed E-state index contributed by atoms with van der Waals surface area (Å²) < 4.78 is 31.9. The summed E-state index contributed by atoms with van der Waals surface area (Å²) in [5.41, 5.74) is 0.811. The molecular weight excluding hydrogens is 298 g/mol. The zero-order valence-corrected chi connectivity index (χ0v) is 11.8. The molecule has 0 amide bonds. The van der Waals surface area contributed by atoms with Crippen molar-refractivity contribution in [2.45, 2.75) is 25.4 Å². The van der Waals surface area contributed by atoms with Gasteiger partial charge >= 0.3 is 0 Å². The summed E-state index contributed by atoms with van der Waals surface area (Å²) in [5.74, 6) is -1.25. The number of pyridine rings is 1. The first-order valence-electron chi connectivity index (χ1n) is 6.62. The molecule has 0 radical (unpaired) electrons. The summed E-state index contributed by atoms with van der Waals surface area (Å²) in [4.78, 5) is 3.98. The van der Waals surface area contributed by atoms with Crippen LogP contribution in [0.2, 0.25) is 5.02 Å². The average molecular weight is 311 g/mol. The van der Waals surface area contributed by atoms with Crippen LogP contribution < -0.4 is 10.1 Å². The Bertz CT molecular complexity index is 662. The molecule has 3 rings (SSSR count). The Labute approximate surface area is 125 Å². The summed E-state index contributed by atoms with van der Waals surface area (Å²) in [5, 5.41) is 3.83. The van der Waals surface area contributed by atoms with E-state index in [-0.39, 0.29) is 11.6 Å². The van der Waals surface area contributed by atoms with Crippen molar-refractivity contribution >= 4 is 11.6 Å². The fraction of sp³-hybridized carbons (Fsp3) is 0.267. The number of hydrogen-bond acceptors (Lipinski definition) is 3. The molecule has 110 valence electrons. The summed E-state index contributed by atoms with van der Waals surface area (Å²) in [6, 6.07) is 5.19. The summed E-state index contributed by atoms with van der Waals surface area (Å²) >= 11 is 6.07. The predicted octanol–water partition coefficient (Wildman–Crippen LogP) is 4.06. The molecule has 3 nitrogen and oxygen atoms in total. The average Bonchev–Trinajstić information content (AvgIpc) is 3.27. The summed E-state index contributed by atoms with van der Waals surface area (Å²) in [6.07, 6.45) is 3.78. The second-order valence-electron chi connectivity index (χ2n) is 4.95. The Morgan fingerprint density at radius 3 is 2.86 bits per heavy atom. The molecule has 6 heteroatoms. The van der Waals surface area contributed by atoms with E-state index in [1.165, 1.54) is 19.0 Å². The molecule has 21 heavy (non-hydrogen) atoms. The molecule has 1 saturated carbocycles. The van der Waals surface area contributed by atoms with Crippen molar-refractivity contribution in [3.8, 4) is 11.6 Å². The van der Waals surface area contributed by atoms with E-state index in [2.05, 4.69) is 10.3 Å². The summed E-state index contributed by atoms with van der Waals surface area (Å²) in [7, 11) is 0. The molecule has 0 aliphatic heterocycles. The first-order valence-corrected chi connectivity index (χ1v) is 7.00. The molecule has 1 aliphatic rings. The highest BCUT2D eigenvalue weighted by Crippen LogP contribution is 2.27. The third-order valence-electron chi connectivity index (χ3n) is 3.18. The molecule has 1 aromatic carbocycles. The van der Waals surface area contributed by atoms with Gasteiger partial charge in [-0.2, -0.15) is 0 Å². The topological polar surface area (TPSA) is 34.1 Å². The molecule has 1 N–H and O–H groups in total. The van der Waals surface area contributed by atoms with Crippen molar-refractivity contribution in [2.24, 2.45) is 0 Å². The highest BCUT2D eigenvalue weighted by Gasteiger charge is 2.20. The third-order valence-corrected chi connectivity index (χ3v) is 3.52. The number of ether oxygens (including phenoxy) is 1. The number of rotatable bonds is 5. The Morgan fingerprint density at radius 2 is 2.10 bits per heavy atom. The van der Waals surface area contributed by atoms with Crippen molar-refractivity contribution in [1.82, 2.24) is 10.3 Å². The first-order chi connectivity index (χ1) is 10.1. The lowest BCUT2D eigenvalue weighted by Crippen LogP contribution is -2.15. The molecule has 1 fully saturated rings. The predicted molar refractivity (Wildman–Crippen MR) is 75.5 cm³/mol. The SMILES string of the molecule is Fc1ccc(F)c(Oc2cc(CNC3CC3)c(Cl)cn2)c1. The first kappa shape index (κ1) is 14.2. The molecular formula is C15H13ClF2N2O. The van der Waals surface area contributed by atoms with E-state index in [0.717, 1.165) is 23.8 Å². The maximum absolute atomic E-state index is 13.5. The van der Waals surface area contributed by atoms with E-state index in [9.17, 15) is 8.78 Å². The van der Waals surface area contributed by atoms with Gasteiger partial charge in [-0.3, -0.25) is 0 Å². The number of hydrogen-bond donors (Lipinski definition) is 1. The minimum atomic E-state index is -0.647. The van der Waals surface area contributed by atoms with Gasteiger partial charge in [0.1, 0.15) is 5.82 Å². The molecule has 0 atom stereocenters. The van der Waals surface area contributed by atoms with Crippen molar-refractivity contribution < 1.29 is 13.5 Å². The molecule has 1 aliphatic carbocycles. The Hall–Kier alpha value is -1.72. The van der Waals surface area contributed by atoms with Crippen LogP contribution in [0.25, 0.3) is 0 Å². The number of halogens is 3. The van der Waals surface area contributed by atoms with Crippen molar-refractivity contribution in [3.63, 3.8) is 0 Å². The van der Waals surface area contributed by atoms with E-state index in [1.807, 2.05) is 0 Å². The minimum absolute atomic E-state index is 0.177. The van der Waals surface area contributed by atoms with Crippen LogP contribution in [-0.2, 0) is 6.54 Å². The van der Waals surface area contributed by atoms with Crippen LogP contribution in [0.4, 0.5) is 8.78 Å². The molecule has 0 bridgehead atoms. The number of nitrogens with one attached hydrogen (secondary N) is 1. The van der Waals surface area contributed by atoms with E-state index in [4.69, 9.17) is 16.3 Å². The van der Waals surface area contributed by atoms with Gasteiger partial charge < -0.3 is 10.1 Å². The van der Waals surface area contributed by atoms with Gasteiger partial charge in [0.15, 0.2) is 11.6 Å². The Morgan fingerprint density at radius 1 is 1.29 bits per heavy atom. The van der Waals surface area contributed by atoms with Crippen LogP contribution in [0.3, 0.4) is 0 Å². The van der Waals surface area contributed by atoms with Gasteiger partial charge in [-0.05, 0) is 30.5 Å². The second-order valence-corrected chi connectivity index (χ2v) is 5.35. The Balaban J connectivity index is 1.78. The van der Waals surface area contributed by atoms with Crippen LogP contribution in [0.5, 0.6) is 11.6 Å². The fourth-order valence-electron chi connectivity index (χ4n) is 1.86. The van der Waals surface area contributed by atoms with Crippen molar-refractivity contribution in [3.05, 3.63) is 52.7 Å². The smallest absolute Gasteiger partial charge is 0.219 e. The lowest BCUT2D eigenvalue weighted by Gasteiger charge is -2.09. The molecule has 0 unspecified atom stereocenters. The van der Waals surface area contributed by atoms with Gasteiger partial charge in [-0.25, -0.2) is 13.8 Å². The second kappa shape index (κ2) is 5.95. The van der Waals surface area contributed by atoms with Gasteiger partial charge in [-0.15, -0.1) is 0 Å². The normalized spacial score (nSPS) is 14.2. The quantitative estimate of drug-likeness (QED) is 0.904. The van der Waals surface area contributed by atoms with E-state index in [1.54, 1.807) is 6.07 Å². The van der Waals surface area contributed by atoms with Gasteiger partial charge in [0.2, 0.25) is 5.88 Å². The number of aromatic nitrogens is 1. The zero-order chi connectivity index (χ0) is 14.8. The minimum Gasteiger partial charge on any atom is -0.436 e. The van der Waals surface area contributed by atoms with Gasteiger partial charge in [0.05, 0.1) is 5.02 Å². The molecule has 1 heterocycles. The molecule has 1 aromatic heterocycles. The van der Waals surface area contributed by atoms with Crippen LogP contribution in [-0.4, -0.2) is 11.0 Å². The number of benzene rings is 1. The largest absolute Gasteiger partial charge is 0.436 e. The standard InChI is InChI=1S/C15H13ClF2N2O/c16-12-8-20-15(5-9(12)7-19-11-2-3-11)21-14-6-10(17)1-4-13(14)18/h1,4-6,8,11,19H,2-3,7H2. The van der Waals surface area contributed by atoms with Crippen molar-refractivity contribution in [2.75, 3.05) is 0 Å². The van der Waals surface area contributed by atoms with Crippen LogP contribution in [0, 0.1) is 11.6 Å². The molecule has 0 saturated heterocycles. The van der Waals surface area contributed by atoms with Crippen molar-refractivity contribution in [1.29, 1.82) is 0 Å². The molecule has 2 aromatic rings. The monoisotopic (exact) mass is 310 g/mol. The summed E-state index contributed by atoms with van der Waals surface area (Å²) in [6.45, 7) is 0.591. The maximum atomic E-state index is 13.5. The van der Waals surface area contributed by atoms with Crippen LogP contribution in [0.1, 0.15) is 18.4 Å². The lowest BCUT2D eigenvalue weighted by molar-refractivity contribution is 0.421. The highest BCUT2D eigenvalue weighted by molar-refractivity contribution is 6.31. The molecule has 0 spiro atoms. The van der Waals surface area contributed by atoms with Gasteiger partial charge in [0.25, 0.3) is 0 Å². The van der Waals surface area contributed by atoms with E-state index in [0.29, 0.717) is 17.6 Å². The Kier molecular flexibility index (Phi) is 4.03. The van der Waals surface area contributed by atoms with E-state index < -0.39 is 11.6 Å². The third kappa shape index (κ3) is 3.68. The highest BCUT2D eigenvalue weighted by atomic mass is 35.5.